The third-order valence-corrected chi connectivity index (χ3v) is 2.04. The molecule has 0 unspecified atom stereocenters. The fourth-order valence-electron chi connectivity index (χ4n) is 1.23. The lowest BCUT2D eigenvalue weighted by atomic mass is 10.0. The first-order valence-electron chi connectivity index (χ1n) is 4.14. The molecule has 0 aromatic heterocycles. The van der Waals surface area contributed by atoms with Gasteiger partial charge in [0, 0.05) is 0 Å². The Kier molecular flexibility index (Phi) is 2.85. The summed E-state index contributed by atoms with van der Waals surface area (Å²) in [7, 11) is 0. The van der Waals surface area contributed by atoms with Crippen molar-refractivity contribution < 1.29 is 18.3 Å². The van der Waals surface area contributed by atoms with Crippen LogP contribution in [0.4, 0.5) is 13.2 Å². The summed E-state index contributed by atoms with van der Waals surface area (Å²) in [5.74, 6) is 0. The standard InChI is InChI=1S/C10H11F3O/c1-6-3-4-7(2)8(5-6)9(14)10(11,12)13/h3-5,9,14H,1-2H3/t9-/m0/s1. The molecule has 1 atom stereocenters. The van der Waals surface area contributed by atoms with Crippen LogP contribution in [0.25, 0.3) is 0 Å². The summed E-state index contributed by atoms with van der Waals surface area (Å²) in [6.45, 7) is 3.23. The molecule has 1 N–H and O–H groups in total. The first-order chi connectivity index (χ1) is 6.32. The number of rotatable bonds is 1. The van der Waals surface area contributed by atoms with Gasteiger partial charge in [-0.3, -0.25) is 0 Å². The third-order valence-electron chi connectivity index (χ3n) is 2.04. The van der Waals surface area contributed by atoms with Crippen molar-refractivity contribution in [3.8, 4) is 0 Å². The zero-order valence-corrected chi connectivity index (χ0v) is 7.89. The van der Waals surface area contributed by atoms with Crippen LogP contribution >= 0.6 is 0 Å². The second-order valence-corrected chi connectivity index (χ2v) is 3.30. The first-order valence-corrected chi connectivity index (χ1v) is 4.14. The van der Waals surface area contributed by atoms with Gasteiger partial charge in [0.05, 0.1) is 0 Å². The van der Waals surface area contributed by atoms with Gasteiger partial charge in [-0.05, 0) is 25.0 Å². The van der Waals surface area contributed by atoms with Gasteiger partial charge >= 0.3 is 6.18 Å². The highest BCUT2D eigenvalue weighted by Crippen LogP contribution is 2.34. The molecule has 14 heavy (non-hydrogen) atoms. The normalized spacial score (nSPS) is 14.1. The monoisotopic (exact) mass is 204 g/mol. The minimum atomic E-state index is -4.60. The van der Waals surface area contributed by atoms with Crippen LogP contribution in [0.3, 0.4) is 0 Å². The predicted molar refractivity (Wildman–Crippen MR) is 46.9 cm³/mol. The molecule has 78 valence electrons. The maximum Gasteiger partial charge on any atom is 0.418 e. The molecule has 0 aliphatic rings. The van der Waals surface area contributed by atoms with E-state index >= 15 is 0 Å². The Bertz CT molecular complexity index is 331. The molecule has 1 aromatic rings. The number of hydrogen-bond acceptors (Lipinski definition) is 1. The van der Waals surface area contributed by atoms with E-state index in [4.69, 9.17) is 5.11 Å². The minimum Gasteiger partial charge on any atom is -0.379 e. The van der Waals surface area contributed by atoms with E-state index in [1.807, 2.05) is 0 Å². The second kappa shape index (κ2) is 3.61. The molecule has 0 heterocycles. The van der Waals surface area contributed by atoms with Gasteiger partial charge in [-0.2, -0.15) is 13.2 Å². The van der Waals surface area contributed by atoms with Crippen molar-refractivity contribution >= 4 is 0 Å². The summed E-state index contributed by atoms with van der Waals surface area (Å²) in [6.07, 6.45) is -6.99. The van der Waals surface area contributed by atoms with E-state index in [-0.39, 0.29) is 5.56 Å². The van der Waals surface area contributed by atoms with Crippen LogP contribution in [0.5, 0.6) is 0 Å². The summed E-state index contributed by atoms with van der Waals surface area (Å²) in [5.41, 5.74) is 1.08. The Labute approximate surface area is 80.2 Å². The third kappa shape index (κ3) is 2.26. The van der Waals surface area contributed by atoms with E-state index < -0.39 is 12.3 Å². The molecule has 0 amide bonds. The summed E-state index contributed by atoms with van der Waals surface area (Å²) >= 11 is 0. The fourth-order valence-corrected chi connectivity index (χ4v) is 1.23. The SMILES string of the molecule is Cc1ccc(C)c([C@H](O)C(F)(F)F)c1. The Balaban J connectivity index is 3.12. The summed E-state index contributed by atoms with van der Waals surface area (Å²) in [6, 6.07) is 4.63. The van der Waals surface area contributed by atoms with Gasteiger partial charge in [-0.15, -0.1) is 0 Å². The topological polar surface area (TPSA) is 20.2 Å². The Morgan fingerprint density at radius 3 is 2.29 bits per heavy atom. The van der Waals surface area contributed by atoms with Crippen LogP contribution < -0.4 is 0 Å². The van der Waals surface area contributed by atoms with Crippen molar-refractivity contribution in [2.45, 2.75) is 26.1 Å². The number of halogens is 3. The Morgan fingerprint density at radius 1 is 1.21 bits per heavy atom. The smallest absolute Gasteiger partial charge is 0.379 e. The molecule has 0 fully saturated rings. The highest BCUT2D eigenvalue weighted by molar-refractivity contribution is 5.32. The van der Waals surface area contributed by atoms with Gasteiger partial charge in [-0.1, -0.05) is 23.8 Å². The molecule has 0 radical (unpaired) electrons. The van der Waals surface area contributed by atoms with E-state index in [9.17, 15) is 13.2 Å². The number of alkyl halides is 3. The van der Waals surface area contributed by atoms with Crippen LogP contribution in [0.1, 0.15) is 22.8 Å². The average Bonchev–Trinajstić information content (AvgIpc) is 2.06. The molecule has 0 aliphatic carbocycles. The molecule has 0 spiro atoms. The highest BCUT2D eigenvalue weighted by atomic mass is 19.4. The van der Waals surface area contributed by atoms with E-state index in [0.29, 0.717) is 11.1 Å². The van der Waals surface area contributed by atoms with E-state index in [1.54, 1.807) is 26.0 Å². The molecule has 0 aliphatic heterocycles. The number of aliphatic hydroxyl groups is 1. The molecule has 4 heteroatoms. The van der Waals surface area contributed by atoms with Gasteiger partial charge in [0.2, 0.25) is 0 Å². The second-order valence-electron chi connectivity index (χ2n) is 3.30. The Hall–Kier alpha value is -1.03. The summed E-state index contributed by atoms with van der Waals surface area (Å²) in [4.78, 5) is 0. The Morgan fingerprint density at radius 2 is 1.79 bits per heavy atom. The van der Waals surface area contributed by atoms with Gasteiger partial charge in [0.25, 0.3) is 0 Å². The molecule has 0 saturated heterocycles. The number of aliphatic hydroxyl groups excluding tert-OH is 1. The lowest BCUT2D eigenvalue weighted by Gasteiger charge is -2.17. The van der Waals surface area contributed by atoms with Crippen LogP contribution in [0, 0.1) is 13.8 Å². The lowest BCUT2D eigenvalue weighted by molar-refractivity contribution is -0.206. The van der Waals surface area contributed by atoms with Crippen LogP contribution in [0.2, 0.25) is 0 Å². The van der Waals surface area contributed by atoms with E-state index in [0.717, 1.165) is 0 Å². The van der Waals surface area contributed by atoms with E-state index in [1.165, 1.54) is 6.07 Å². The average molecular weight is 204 g/mol. The molecule has 0 bridgehead atoms. The number of benzene rings is 1. The first kappa shape index (κ1) is 11.0. The van der Waals surface area contributed by atoms with Crippen LogP contribution in [-0.4, -0.2) is 11.3 Å². The summed E-state index contributed by atoms with van der Waals surface area (Å²) in [5, 5.41) is 9.04. The largest absolute Gasteiger partial charge is 0.418 e. The predicted octanol–water partition coefficient (Wildman–Crippen LogP) is 2.90. The zero-order valence-electron chi connectivity index (χ0n) is 7.89. The molecule has 1 rings (SSSR count). The van der Waals surface area contributed by atoms with Crippen molar-refractivity contribution in [1.29, 1.82) is 0 Å². The van der Waals surface area contributed by atoms with Crippen molar-refractivity contribution in [3.63, 3.8) is 0 Å². The molecular weight excluding hydrogens is 193 g/mol. The van der Waals surface area contributed by atoms with Gasteiger partial charge < -0.3 is 5.11 Å². The lowest BCUT2D eigenvalue weighted by Crippen LogP contribution is -2.21. The van der Waals surface area contributed by atoms with Gasteiger partial charge in [0.1, 0.15) is 0 Å². The molecule has 0 saturated carbocycles. The highest BCUT2D eigenvalue weighted by Gasteiger charge is 2.39. The van der Waals surface area contributed by atoms with Crippen molar-refractivity contribution in [2.24, 2.45) is 0 Å². The molecular formula is C10H11F3O. The minimum absolute atomic E-state index is 0.0718. The number of hydrogen-bond donors (Lipinski definition) is 1. The molecule has 1 nitrogen and oxygen atoms in total. The summed E-state index contributed by atoms with van der Waals surface area (Å²) < 4.78 is 36.6. The van der Waals surface area contributed by atoms with Crippen molar-refractivity contribution in [3.05, 3.63) is 34.9 Å². The van der Waals surface area contributed by atoms with Crippen LogP contribution in [-0.2, 0) is 0 Å². The number of aryl methyl sites for hydroxylation is 2. The molecule has 1 aromatic carbocycles. The van der Waals surface area contributed by atoms with Crippen molar-refractivity contribution in [2.75, 3.05) is 0 Å². The van der Waals surface area contributed by atoms with Gasteiger partial charge in [0.15, 0.2) is 6.10 Å². The van der Waals surface area contributed by atoms with E-state index in [2.05, 4.69) is 0 Å². The van der Waals surface area contributed by atoms with Crippen molar-refractivity contribution in [1.82, 2.24) is 0 Å². The maximum absolute atomic E-state index is 12.2. The zero-order chi connectivity index (χ0) is 10.9. The maximum atomic E-state index is 12.2. The quantitative estimate of drug-likeness (QED) is 0.745. The van der Waals surface area contributed by atoms with Crippen LogP contribution in [0.15, 0.2) is 18.2 Å². The fraction of sp³-hybridized carbons (Fsp3) is 0.400. The van der Waals surface area contributed by atoms with Gasteiger partial charge in [-0.25, -0.2) is 0 Å².